The van der Waals surface area contributed by atoms with E-state index in [1.54, 1.807) is 12.1 Å². The number of benzene rings is 1. The SMILES string of the molecule is Cc1ccc(C(=O)NCC(Br)C(C)C)cc1Cl. The zero-order valence-corrected chi connectivity index (χ0v) is 12.6. The fourth-order valence-electron chi connectivity index (χ4n) is 1.26. The predicted molar refractivity (Wildman–Crippen MR) is 76.1 cm³/mol. The Morgan fingerprint density at radius 3 is 2.65 bits per heavy atom. The van der Waals surface area contributed by atoms with Crippen molar-refractivity contribution in [3.63, 3.8) is 0 Å². The Kier molecular flexibility index (Phi) is 5.47. The van der Waals surface area contributed by atoms with Crippen molar-refractivity contribution in [2.24, 2.45) is 5.92 Å². The van der Waals surface area contributed by atoms with Crippen LogP contribution in [0, 0.1) is 12.8 Å². The molecule has 4 heteroatoms. The van der Waals surface area contributed by atoms with Crippen LogP contribution in [0.15, 0.2) is 18.2 Å². The summed E-state index contributed by atoms with van der Waals surface area (Å²) in [5.74, 6) is 0.397. The van der Waals surface area contributed by atoms with Crippen LogP contribution >= 0.6 is 27.5 Å². The number of hydrogen-bond donors (Lipinski definition) is 1. The molecule has 1 unspecified atom stereocenters. The minimum atomic E-state index is -0.0861. The molecule has 1 aromatic rings. The van der Waals surface area contributed by atoms with Gasteiger partial charge in [0.15, 0.2) is 0 Å². The van der Waals surface area contributed by atoms with Gasteiger partial charge in [-0.25, -0.2) is 0 Å². The molecule has 94 valence electrons. The first-order valence-electron chi connectivity index (χ1n) is 5.60. The highest BCUT2D eigenvalue weighted by molar-refractivity contribution is 9.09. The van der Waals surface area contributed by atoms with Crippen LogP contribution in [0.4, 0.5) is 0 Å². The molecule has 1 aromatic carbocycles. The van der Waals surface area contributed by atoms with Crippen LogP contribution in [0.2, 0.25) is 5.02 Å². The molecular formula is C13H17BrClNO. The summed E-state index contributed by atoms with van der Waals surface area (Å²) in [5.41, 5.74) is 1.58. The van der Waals surface area contributed by atoms with Gasteiger partial charge in [0.05, 0.1) is 0 Å². The summed E-state index contributed by atoms with van der Waals surface area (Å²) in [6.07, 6.45) is 0. The van der Waals surface area contributed by atoms with Gasteiger partial charge in [-0.3, -0.25) is 4.79 Å². The van der Waals surface area contributed by atoms with Crippen molar-refractivity contribution in [2.45, 2.75) is 25.6 Å². The highest BCUT2D eigenvalue weighted by Crippen LogP contribution is 2.17. The van der Waals surface area contributed by atoms with Gasteiger partial charge in [-0.1, -0.05) is 47.4 Å². The Labute approximate surface area is 116 Å². The zero-order chi connectivity index (χ0) is 13.0. The Hall–Kier alpha value is -0.540. The summed E-state index contributed by atoms with van der Waals surface area (Å²) in [6, 6.07) is 5.34. The number of carbonyl (C=O) groups is 1. The molecule has 0 aliphatic carbocycles. The molecule has 0 spiro atoms. The van der Waals surface area contributed by atoms with Crippen molar-refractivity contribution in [3.8, 4) is 0 Å². The number of carbonyl (C=O) groups excluding carboxylic acids is 1. The molecule has 2 nitrogen and oxygen atoms in total. The Morgan fingerprint density at radius 1 is 1.47 bits per heavy atom. The number of hydrogen-bond acceptors (Lipinski definition) is 1. The van der Waals surface area contributed by atoms with E-state index in [0.29, 0.717) is 23.0 Å². The molecule has 17 heavy (non-hydrogen) atoms. The molecule has 1 N–H and O–H groups in total. The van der Waals surface area contributed by atoms with Gasteiger partial charge in [-0.2, -0.15) is 0 Å². The standard InChI is InChI=1S/C13H17BrClNO/c1-8(2)11(14)7-16-13(17)10-5-4-9(3)12(15)6-10/h4-6,8,11H,7H2,1-3H3,(H,16,17). The number of alkyl halides is 1. The van der Waals surface area contributed by atoms with Crippen molar-refractivity contribution in [1.82, 2.24) is 5.32 Å². The van der Waals surface area contributed by atoms with Gasteiger partial charge < -0.3 is 5.32 Å². The molecule has 0 fully saturated rings. The van der Waals surface area contributed by atoms with E-state index in [1.807, 2.05) is 13.0 Å². The maximum Gasteiger partial charge on any atom is 0.251 e. The average Bonchev–Trinajstić information content (AvgIpc) is 2.28. The lowest BCUT2D eigenvalue weighted by atomic mass is 10.1. The molecule has 0 saturated heterocycles. The van der Waals surface area contributed by atoms with Gasteiger partial charge in [-0.15, -0.1) is 0 Å². The molecule has 0 saturated carbocycles. The van der Waals surface area contributed by atoms with Crippen molar-refractivity contribution in [2.75, 3.05) is 6.54 Å². The minimum absolute atomic E-state index is 0.0861. The largest absolute Gasteiger partial charge is 0.351 e. The van der Waals surface area contributed by atoms with Crippen LogP contribution in [0.5, 0.6) is 0 Å². The lowest BCUT2D eigenvalue weighted by Crippen LogP contribution is -2.31. The number of aryl methyl sites for hydroxylation is 1. The van der Waals surface area contributed by atoms with Crippen molar-refractivity contribution in [3.05, 3.63) is 34.3 Å². The van der Waals surface area contributed by atoms with Crippen LogP contribution in [-0.2, 0) is 0 Å². The highest BCUT2D eigenvalue weighted by atomic mass is 79.9. The van der Waals surface area contributed by atoms with Crippen molar-refractivity contribution >= 4 is 33.4 Å². The smallest absolute Gasteiger partial charge is 0.251 e. The number of nitrogens with one attached hydrogen (secondary N) is 1. The first-order chi connectivity index (χ1) is 7.91. The Balaban J connectivity index is 2.61. The number of rotatable bonds is 4. The van der Waals surface area contributed by atoms with Crippen LogP contribution in [0.25, 0.3) is 0 Å². The fourth-order valence-corrected chi connectivity index (χ4v) is 1.60. The van der Waals surface area contributed by atoms with Gasteiger partial charge in [0, 0.05) is 22.0 Å². The monoisotopic (exact) mass is 317 g/mol. The third-order valence-corrected chi connectivity index (χ3v) is 4.40. The average molecular weight is 319 g/mol. The maximum atomic E-state index is 11.8. The van der Waals surface area contributed by atoms with Crippen LogP contribution in [0.1, 0.15) is 29.8 Å². The molecule has 0 bridgehead atoms. The highest BCUT2D eigenvalue weighted by Gasteiger charge is 2.12. The second-order valence-electron chi connectivity index (χ2n) is 4.43. The lowest BCUT2D eigenvalue weighted by molar-refractivity contribution is 0.0953. The minimum Gasteiger partial charge on any atom is -0.351 e. The van der Waals surface area contributed by atoms with Gasteiger partial charge in [0.25, 0.3) is 5.91 Å². The van der Waals surface area contributed by atoms with E-state index < -0.39 is 0 Å². The van der Waals surface area contributed by atoms with E-state index in [9.17, 15) is 4.79 Å². The molecule has 0 aliphatic heterocycles. The van der Waals surface area contributed by atoms with Gasteiger partial charge >= 0.3 is 0 Å². The third kappa shape index (κ3) is 4.32. The summed E-state index contributed by atoms with van der Waals surface area (Å²) >= 11 is 9.51. The summed E-state index contributed by atoms with van der Waals surface area (Å²) < 4.78 is 0. The first-order valence-corrected chi connectivity index (χ1v) is 6.89. The summed E-state index contributed by atoms with van der Waals surface area (Å²) in [6.45, 7) is 6.74. The molecule has 1 atom stereocenters. The predicted octanol–water partition coefficient (Wildman–Crippen LogP) is 3.80. The lowest BCUT2D eigenvalue weighted by Gasteiger charge is -2.14. The topological polar surface area (TPSA) is 29.1 Å². The van der Waals surface area contributed by atoms with Gasteiger partial charge in [-0.05, 0) is 30.5 Å². The second-order valence-corrected chi connectivity index (χ2v) is 6.02. The van der Waals surface area contributed by atoms with E-state index in [1.165, 1.54) is 0 Å². The van der Waals surface area contributed by atoms with Crippen LogP contribution in [0.3, 0.4) is 0 Å². The first kappa shape index (κ1) is 14.5. The van der Waals surface area contributed by atoms with Gasteiger partial charge in [0.1, 0.15) is 0 Å². The Bertz CT molecular complexity index is 406. The van der Waals surface area contributed by atoms with E-state index in [2.05, 4.69) is 35.1 Å². The van der Waals surface area contributed by atoms with E-state index in [4.69, 9.17) is 11.6 Å². The number of halogens is 2. The maximum absolute atomic E-state index is 11.8. The number of amides is 1. The molecule has 0 aromatic heterocycles. The summed E-state index contributed by atoms with van der Waals surface area (Å²) in [7, 11) is 0. The van der Waals surface area contributed by atoms with Gasteiger partial charge in [0.2, 0.25) is 0 Å². The Morgan fingerprint density at radius 2 is 2.12 bits per heavy atom. The van der Waals surface area contributed by atoms with E-state index in [-0.39, 0.29) is 10.7 Å². The quantitative estimate of drug-likeness (QED) is 0.841. The molecular weight excluding hydrogens is 302 g/mol. The van der Waals surface area contributed by atoms with E-state index >= 15 is 0 Å². The van der Waals surface area contributed by atoms with Crippen LogP contribution < -0.4 is 5.32 Å². The van der Waals surface area contributed by atoms with Crippen LogP contribution in [-0.4, -0.2) is 17.3 Å². The molecule has 0 heterocycles. The van der Waals surface area contributed by atoms with E-state index in [0.717, 1.165) is 5.56 Å². The third-order valence-electron chi connectivity index (χ3n) is 2.62. The second kappa shape index (κ2) is 6.41. The van der Waals surface area contributed by atoms with Crippen molar-refractivity contribution in [1.29, 1.82) is 0 Å². The fraction of sp³-hybridized carbons (Fsp3) is 0.462. The normalized spacial score (nSPS) is 12.6. The molecule has 0 radical (unpaired) electrons. The summed E-state index contributed by atoms with van der Waals surface area (Å²) in [5, 5.41) is 3.50. The molecule has 1 rings (SSSR count). The molecule has 0 aliphatic rings. The summed E-state index contributed by atoms with van der Waals surface area (Å²) in [4.78, 5) is 12.1. The molecule has 1 amide bonds. The van der Waals surface area contributed by atoms with Crippen molar-refractivity contribution < 1.29 is 4.79 Å². The zero-order valence-electron chi connectivity index (χ0n) is 10.3.